The van der Waals surface area contributed by atoms with Gasteiger partial charge in [-0.25, -0.2) is 8.78 Å². The van der Waals surface area contributed by atoms with Gasteiger partial charge in [0.1, 0.15) is 17.6 Å². The lowest BCUT2D eigenvalue weighted by Gasteiger charge is -2.07. The van der Waals surface area contributed by atoms with E-state index in [4.69, 9.17) is 21.3 Å². The van der Waals surface area contributed by atoms with E-state index in [1.165, 1.54) is 12.1 Å². The highest BCUT2D eigenvalue weighted by atomic mass is 35.5. The maximum Gasteiger partial charge on any atom is 0.219 e. The van der Waals surface area contributed by atoms with Crippen LogP contribution in [0.25, 0.3) is 0 Å². The lowest BCUT2D eigenvalue weighted by molar-refractivity contribution is 0.0952. The van der Waals surface area contributed by atoms with Gasteiger partial charge in [-0.3, -0.25) is 4.79 Å². The molecule has 0 N–H and O–H groups in total. The van der Waals surface area contributed by atoms with Crippen LogP contribution in [-0.2, 0) is 0 Å². The third-order valence-corrected chi connectivity index (χ3v) is 2.63. The molecular weight excluding hydrogens is 276 g/mol. The maximum atomic E-state index is 13.1. The van der Waals surface area contributed by atoms with Crippen LogP contribution in [-0.4, -0.2) is 5.78 Å². The second-order valence-electron chi connectivity index (χ2n) is 3.73. The van der Waals surface area contributed by atoms with Crippen molar-refractivity contribution in [1.82, 2.24) is 0 Å². The Morgan fingerprint density at radius 3 is 2.37 bits per heavy atom. The van der Waals surface area contributed by atoms with Crippen molar-refractivity contribution >= 4 is 17.4 Å². The predicted molar refractivity (Wildman–Crippen MR) is 62.8 cm³/mol. The van der Waals surface area contributed by atoms with E-state index in [9.17, 15) is 13.6 Å². The van der Waals surface area contributed by atoms with Crippen LogP contribution in [0.4, 0.5) is 8.78 Å². The van der Waals surface area contributed by atoms with Crippen LogP contribution in [0.1, 0.15) is 22.0 Å². The molecule has 2 aromatic rings. The van der Waals surface area contributed by atoms with Crippen molar-refractivity contribution in [2.45, 2.75) is 5.92 Å². The van der Waals surface area contributed by atoms with Crippen molar-refractivity contribution in [3.05, 3.63) is 58.5 Å². The van der Waals surface area contributed by atoms with Crippen molar-refractivity contribution < 1.29 is 18.0 Å². The molecule has 1 heterocycles. The van der Waals surface area contributed by atoms with E-state index in [2.05, 4.69) is 0 Å². The molecule has 0 spiro atoms. The van der Waals surface area contributed by atoms with E-state index in [1.54, 1.807) is 6.07 Å². The summed E-state index contributed by atoms with van der Waals surface area (Å²) in [7, 11) is 0. The molecule has 1 aromatic carbocycles. The molecule has 19 heavy (non-hydrogen) atoms. The fourth-order valence-corrected chi connectivity index (χ4v) is 1.76. The molecule has 96 valence electrons. The first-order chi connectivity index (χ1) is 9.01. The largest absolute Gasteiger partial charge is 0.442 e. The highest BCUT2D eigenvalue weighted by Gasteiger charge is 2.25. The molecule has 0 fully saturated rings. The molecule has 0 aliphatic rings. The topological polar surface area (TPSA) is 54.0 Å². The quantitative estimate of drug-likeness (QED) is 0.806. The summed E-state index contributed by atoms with van der Waals surface area (Å²) in [5.74, 6) is -3.92. The number of rotatable bonds is 3. The number of carbonyl (C=O) groups is 1. The number of ketones is 1. The van der Waals surface area contributed by atoms with Crippen LogP contribution in [0.15, 0.2) is 34.7 Å². The van der Waals surface area contributed by atoms with Crippen LogP contribution >= 0.6 is 11.6 Å². The van der Waals surface area contributed by atoms with Crippen molar-refractivity contribution in [3.63, 3.8) is 0 Å². The fourth-order valence-electron chi connectivity index (χ4n) is 1.62. The molecule has 3 nitrogen and oxygen atoms in total. The summed E-state index contributed by atoms with van der Waals surface area (Å²) < 4.78 is 31.1. The highest BCUT2D eigenvalue weighted by molar-refractivity contribution is 6.29. The Bertz CT molecular complexity index is 655. The van der Waals surface area contributed by atoms with Gasteiger partial charge in [0.25, 0.3) is 0 Å². The van der Waals surface area contributed by atoms with Gasteiger partial charge in [0.05, 0.1) is 6.07 Å². The minimum atomic E-state index is -1.35. The summed E-state index contributed by atoms with van der Waals surface area (Å²) in [6.45, 7) is 0. The van der Waals surface area contributed by atoms with Gasteiger partial charge in [-0.2, -0.15) is 5.26 Å². The summed E-state index contributed by atoms with van der Waals surface area (Å²) in [5.41, 5.74) is -0.0717. The zero-order chi connectivity index (χ0) is 14.0. The van der Waals surface area contributed by atoms with E-state index >= 15 is 0 Å². The van der Waals surface area contributed by atoms with Crippen LogP contribution in [0.5, 0.6) is 0 Å². The van der Waals surface area contributed by atoms with Crippen molar-refractivity contribution in [1.29, 1.82) is 5.26 Å². The number of benzene rings is 1. The van der Waals surface area contributed by atoms with Crippen molar-refractivity contribution in [3.8, 4) is 6.07 Å². The van der Waals surface area contributed by atoms with Crippen LogP contribution in [0.3, 0.4) is 0 Å². The van der Waals surface area contributed by atoms with Crippen LogP contribution < -0.4 is 0 Å². The van der Waals surface area contributed by atoms with E-state index in [0.717, 1.165) is 12.1 Å². The molecule has 0 aliphatic carbocycles. The number of Topliss-reactive ketones (excluding diaryl/α,β-unsaturated/α-hetero) is 1. The second-order valence-corrected chi connectivity index (χ2v) is 4.11. The average molecular weight is 282 g/mol. The zero-order valence-electron chi connectivity index (χ0n) is 9.36. The maximum absolute atomic E-state index is 13.1. The number of hydrogen-bond acceptors (Lipinski definition) is 3. The lowest BCUT2D eigenvalue weighted by atomic mass is 9.94. The second kappa shape index (κ2) is 5.21. The number of hydrogen-bond donors (Lipinski definition) is 0. The number of furan rings is 1. The van der Waals surface area contributed by atoms with Crippen LogP contribution in [0.2, 0.25) is 5.22 Å². The van der Waals surface area contributed by atoms with Gasteiger partial charge in [-0.05, 0) is 41.4 Å². The Balaban J connectivity index is 2.40. The summed E-state index contributed by atoms with van der Waals surface area (Å²) in [5, 5.41) is 9.00. The van der Waals surface area contributed by atoms with Gasteiger partial charge < -0.3 is 4.42 Å². The summed E-state index contributed by atoms with van der Waals surface area (Å²) in [4.78, 5) is 12.0. The third-order valence-electron chi connectivity index (χ3n) is 2.43. The van der Waals surface area contributed by atoms with E-state index in [-0.39, 0.29) is 16.5 Å². The zero-order valence-corrected chi connectivity index (χ0v) is 10.1. The first-order valence-electron chi connectivity index (χ1n) is 5.16. The third kappa shape index (κ3) is 2.80. The minimum Gasteiger partial charge on any atom is -0.442 e. The standard InChI is InChI=1S/C13H6ClF2NO2/c14-12-2-1-11(19-12)13(18)10(6-17)7-3-8(15)5-9(16)4-7/h1-5,10H. The van der Waals surface area contributed by atoms with Gasteiger partial charge in [0, 0.05) is 6.07 Å². The molecule has 0 aliphatic heterocycles. The van der Waals surface area contributed by atoms with Crippen LogP contribution in [0, 0.1) is 23.0 Å². The molecular formula is C13H6ClF2NO2. The molecule has 1 atom stereocenters. The number of nitriles is 1. The lowest BCUT2D eigenvalue weighted by Crippen LogP contribution is -2.11. The Morgan fingerprint density at radius 1 is 1.26 bits per heavy atom. The Morgan fingerprint density at radius 2 is 1.89 bits per heavy atom. The monoisotopic (exact) mass is 281 g/mol. The number of nitrogens with zero attached hydrogens (tertiary/aromatic N) is 1. The minimum absolute atomic E-state index is 0.00883. The fraction of sp³-hybridized carbons (Fsp3) is 0.0769. The molecule has 6 heteroatoms. The summed E-state index contributed by atoms with van der Waals surface area (Å²) >= 11 is 5.53. The first kappa shape index (κ1) is 13.2. The van der Waals surface area contributed by atoms with Crippen molar-refractivity contribution in [2.24, 2.45) is 0 Å². The summed E-state index contributed by atoms with van der Waals surface area (Å²) in [6, 6.07) is 6.85. The average Bonchev–Trinajstić information content (AvgIpc) is 2.75. The molecule has 0 amide bonds. The van der Waals surface area contributed by atoms with Gasteiger partial charge in [0.2, 0.25) is 5.78 Å². The van der Waals surface area contributed by atoms with Gasteiger partial charge in [-0.1, -0.05) is 0 Å². The Labute approximate surface area is 112 Å². The number of carbonyl (C=O) groups excluding carboxylic acids is 1. The van der Waals surface area contributed by atoms with Gasteiger partial charge in [-0.15, -0.1) is 0 Å². The Hall–Kier alpha value is -2.19. The smallest absolute Gasteiger partial charge is 0.219 e. The van der Waals surface area contributed by atoms with E-state index in [0.29, 0.717) is 6.07 Å². The molecule has 2 rings (SSSR count). The first-order valence-corrected chi connectivity index (χ1v) is 5.54. The van der Waals surface area contributed by atoms with Gasteiger partial charge in [0.15, 0.2) is 11.0 Å². The predicted octanol–water partition coefficient (Wildman–Crippen LogP) is 3.70. The molecule has 0 saturated heterocycles. The Kier molecular flexibility index (Phi) is 3.63. The van der Waals surface area contributed by atoms with E-state index < -0.39 is 23.3 Å². The molecule has 0 radical (unpaired) electrons. The molecule has 0 bridgehead atoms. The SMILES string of the molecule is N#CC(C(=O)c1ccc(Cl)o1)c1cc(F)cc(F)c1. The van der Waals surface area contributed by atoms with Crippen molar-refractivity contribution in [2.75, 3.05) is 0 Å². The molecule has 1 aromatic heterocycles. The summed E-state index contributed by atoms with van der Waals surface area (Å²) in [6.07, 6.45) is 0. The molecule has 1 unspecified atom stereocenters. The normalized spacial score (nSPS) is 11.9. The number of halogens is 3. The van der Waals surface area contributed by atoms with Gasteiger partial charge >= 0.3 is 0 Å². The van der Waals surface area contributed by atoms with E-state index in [1.807, 2.05) is 0 Å². The molecule has 0 saturated carbocycles. The highest BCUT2D eigenvalue weighted by Crippen LogP contribution is 2.24.